The van der Waals surface area contributed by atoms with Crippen LogP contribution in [0.15, 0.2) is 60.0 Å². The second kappa shape index (κ2) is 8.88. The fraction of sp³-hybridized carbons (Fsp3) is 0.333. The number of anilines is 1. The number of benzene rings is 2. The SMILES string of the molecule is CC(=O)N(c1ccccc1)C1(c2nc(C)cs2)CCN(Cc2ccccc2Cl)CC1. The van der Waals surface area contributed by atoms with Gasteiger partial charge in [0, 0.05) is 48.3 Å². The Morgan fingerprint density at radius 2 is 1.80 bits per heavy atom. The van der Waals surface area contributed by atoms with Crippen molar-refractivity contribution in [1.82, 2.24) is 9.88 Å². The fourth-order valence-electron chi connectivity index (χ4n) is 4.36. The molecule has 4 nitrogen and oxygen atoms in total. The highest BCUT2D eigenvalue weighted by molar-refractivity contribution is 7.09. The van der Waals surface area contributed by atoms with Crippen LogP contribution in [0.2, 0.25) is 5.02 Å². The number of thiazole rings is 1. The Kier molecular flexibility index (Phi) is 6.23. The Bertz CT molecular complexity index is 1010. The number of aryl methyl sites for hydroxylation is 1. The van der Waals surface area contributed by atoms with Gasteiger partial charge in [-0.3, -0.25) is 14.6 Å². The van der Waals surface area contributed by atoms with Crippen molar-refractivity contribution in [2.75, 3.05) is 18.0 Å². The van der Waals surface area contributed by atoms with Gasteiger partial charge in [-0.1, -0.05) is 48.0 Å². The number of hydrogen-bond acceptors (Lipinski definition) is 4. The van der Waals surface area contributed by atoms with E-state index >= 15 is 0 Å². The van der Waals surface area contributed by atoms with Gasteiger partial charge in [-0.2, -0.15) is 0 Å². The molecule has 0 spiro atoms. The smallest absolute Gasteiger partial charge is 0.224 e. The fourth-order valence-corrected chi connectivity index (χ4v) is 5.60. The molecule has 1 saturated heterocycles. The lowest BCUT2D eigenvalue weighted by atomic mass is 9.85. The van der Waals surface area contributed by atoms with Crippen molar-refractivity contribution in [2.24, 2.45) is 0 Å². The summed E-state index contributed by atoms with van der Waals surface area (Å²) < 4.78 is 0. The zero-order valence-electron chi connectivity index (χ0n) is 17.3. The standard InChI is InChI=1S/C24H26ClN3OS/c1-18-17-30-23(26-18)24(28(19(2)29)21-9-4-3-5-10-21)12-14-27(15-13-24)16-20-8-6-7-11-22(20)25/h3-11,17H,12-16H2,1-2H3. The Labute approximate surface area is 187 Å². The molecular weight excluding hydrogens is 414 g/mol. The molecule has 30 heavy (non-hydrogen) atoms. The molecule has 0 bridgehead atoms. The Balaban J connectivity index is 1.65. The predicted octanol–water partition coefficient (Wildman–Crippen LogP) is 5.65. The first-order valence-corrected chi connectivity index (χ1v) is 11.5. The first-order chi connectivity index (χ1) is 14.5. The zero-order chi connectivity index (χ0) is 21.1. The van der Waals surface area contributed by atoms with Crippen molar-refractivity contribution in [3.8, 4) is 0 Å². The summed E-state index contributed by atoms with van der Waals surface area (Å²) >= 11 is 8.04. The average Bonchev–Trinajstić information content (AvgIpc) is 3.19. The molecule has 2 heterocycles. The van der Waals surface area contributed by atoms with E-state index in [9.17, 15) is 4.79 Å². The largest absolute Gasteiger partial charge is 0.300 e. The second-order valence-corrected chi connectivity index (χ2v) is 9.15. The maximum absolute atomic E-state index is 12.9. The van der Waals surface area contributed by atoms with Gasteiger partial charge in [-0.25, -0.2) is 4.98 Å². The van der Waals surface area contributed by atoms with Crippen LogP contribution in [-0.4, -0.2) is 28.9 Å². The average molecular weight is 440 g/mol. The number of carbonyl (C=O) groups is 1. The van der Waals surface area contributed by atoms with Crippen LogP contribution in [0, 0.1) is 6.92 Å². The minimum absolute atomic E-state index is 0.0496. The number of likely N-dealkylation sites (tertiary alicyclic amines) is 1. The molecule has 0 N–H and O–H groups in total. The molecule has 0 atom stereocenters. The molecule has 2 aromatic carbocycles. The quantitative estimate of drug-likeness (QED) is 0.515. The molecule has 0 unspecified atom stereocenters. The minimum Gasteiger partial charge on any atom is -0.300 e. The molecule has 4 rings (SSSR count). The van der Waals surface area contributed by atoms with Crippen LogP contribution in [0.4, 0.5) is 5.69 Å². The summed E-state index contributed by atoms with van der Waals surface area (Å²) in [5, 5.41) is 3.91. The van der Waals surface area contributed by atoms with Crippen LogP contribution in [0.3, 0.4) is 0 Å². The number of piperidine rings is 1. The first-order valence-electron chi connectivity index (χ1n) is 10.2. The van der Waals surface area contributed by atoms with E-state index in [1.807, 2.05) is 60.4 Å². The maximum atomic E-state index is 12.9. The number of rotatable bonds is 5. The number of para-hydroxylation sites is 1. The number of carbonyl (C=O) groups excluding carboxylic acids is 1. The molecular formula is C24H26ClN3OS. The molecule has 1 aliphatic heterocycles. The van der Waals surface area contributed by atoms with E-state index in [1.165, 1.54) is 0 Å². The topological polar surface area (TPSA) is 36.4 Å². The molecule has 1 fully saturated rings. The summed E-state index contributed by atoms with van der Waals surface area (Å²) in [5.41, 5.74) is 2.65. The normalized spacial score (nSPS) is 16.4. The van der Waals surface area contributed by atoms with Crippen LogP contribution in [0.25, 0.3) is 0 Å². The highest BCUT2D eigenvalue weighted by Crippen LogP contribution is 2.43. The van der Waals surface area contributed by atoms with Crippen LogP contribution < -0.4 is 4.90 Å². The third-order valence-corrected chi connectivity index (χ3v) is 7.33. The second-order valence-electron chi connectivity index (χ2n) is 7.88. The first kappa shape index (κ1) is 21.0. The lowest BCUT2D eigenvalue weighted by Gasteiger charge is -2.47. The van der Waals surface area contributed by atoms with Gasteiger partial charge in [0.15, 0.2) is 0 Å². The van der Waals surface area contributed by atoms with Gasteiger partial charge >= 0.3 is 0 Å². The van der Waals surface area contributed by atoms with Crippen LogP contribution >= 0.6 is 22.9 Å². The number of nitrogens with zero attached hydrogens (tertiary/aromatic N) is 3. The van der Waals surface area contributed by atoms with Crippen LogP contribution in [0.1, 0.15) is 36.0 Å². The van der Waals surface area contributed by atoms with Gasteiger partial charge in [0.1, 0.15) is 10.5 Å². The molecule has 3 aromatic rings. The summed E-state index contributed by atoms with van der Waals surface area (Å²) in [4.78, 5) is 22.2. The van der Waals surface area contributed by atoms with E-state index < -0.39 is 5.54 Å². The van der Waals surface area contributed by atoms with E-state index in [4.69, 9.17) is 16.6 Å². The lowest BCUT2D eigenvalue weighted by Crippen LogP contribution is -2.55. The molecule has 0 saturated carbocycles. The van der Waals surface area contributed by atoms with Crippen molar-refractivity contribution in [3.05, 3.63) is 81.3 Å². The Morgan fingerprint density at radius 1 is 1.13 bits per heavy atom. The van der Waals surface area contributed by atoms with E-state index in [1.54, 1.807) is 18.3 Å². The molecule has 156 valence electrons. The summed E-state index contributed by atoms with van der Waals surface area (Å²) in [6.07, 6.45) is 1.66. The van der Waals surface area contributed by atoms with Crippen molar-refractivity contribution in [1.29, 1.82) is 0 Å². The summed E-state index contributed by atoms with van der Waals surface area (Å²) in [6.45, 7) is 6.24. The van der Waals surface area contributed by atoms with Gasteiger partial charge in [0.2, 0.25) is 5.91 Å². The zero-order valence-corrected chi connectivity index (χ0v) is 18.9. The van der Waals surface area contributed by atoms with Gasteiger partial charge in [0.05, 0.1) is 0 Å². The van der Waals surface area contributed by atoms with Crippen LogP contribution in [0.5, 0.6) is 0 Å². The highest BCUT2D eigenvalue weighted by atomic mass is 35.5. The molecule has 1 aromatic heterocycles. The van der Waals surface area contributed by atoms with Gasteiger partial charge in [0.25, 0.3) is 0 Å². The van der Waals surface area contributed by atoms with E-state index in [0.29, 0.717) is 0 Å². The van der Waals surface area contributed by atoms with Gasteiger partial charge in [-0.05, 0) is 43.5 Å². The third-order valence-electron chi connectivity index (χ3n) is 5.81. The van der Waals surface area contributed by atoms with E-state index in [-0.39, 0.29) is 5.91 Å². The third kappa shape index (κ3) is 4.15. The molecule has 1 amide bonds. The van der Waals surface area contributed by atoms with Crippen molar-refractivity contribution in [3.63, 3.8) is 0 Å². The van der Waals surface area contributed by atoms with Gasteiger partial charge < -0.3 is 0 Å². The number of halogens is 1. The van der Waals surface area contributed by atoms with Gasteiger partial charge in [-0.15, -0.1) is 11.3 Å². The molecule has 0 radical (unpaired) electrons. The summed E-state index contributed by atoms with van der Waals surface area (Å²) in [7, 11) is 0. The maximum Gasteiger partial charge on any atom is 0.224 e. The number of aromatic nitrogens is 1. The summed E-state index contributed by atoms with van der Waals surface area (Å²) in [5.74, 6) is 0.0496. The number of amides is 1. The van der Waals surface area contributed by atoms with Crippen molar-refractivity contribution >= 4 is 34.5 Å². The number of hydrogen-bond donors (Lipinski definition) is 0. The summed E-state index contributed by atoms with van der Waals surface area (Å²) in [6, 6.07) is 18.0. The predicted molar refractivity (Wildman–Crippen MR) is 124 cm³/mol. The molecule has 1 aliphatic rings. The van der Waals surface area contributed by atoms with Crippen molar-refractivity contribution in [2.45, 2.75) is 38.8 Å². The van der Waals surface area contributed by atoms with Crippen LogP contribution in [-0.2, 0) is 16.9 Å². The van der Waals surface area contributed by atoms with E-state index in [0.717, 1.165) is 59.5 Å². The molecule has 0 aliphatic carbocycles. The highest BCUT2D eigenvalue weighted by Gasteiger charge is 2.45. The Hall–Kier alpha value is -2.21. The molecule has 6 heteroatoms. The lowest BCUT2D eigenvalue weighted by molar-refractivity contribution is -0.118. The van der Waals surface area contributed by atoms with E-state index in [2.05, 4.69) is 16.3 Å². The minimum atomic E-state index is -0.427. The van der Waals surface area contributed by atoms with Crippen molar-refractivity contribution < 1.29 is 4.79 Å². The monoisotopic (exact) mass is 439 g/mol. The Morgan fingerprint density at radius 3 is 2.40 bits per heavy atom.